The lowest BCUT2D eigenvalue weighted by molar-refractivity contribution is -0.144. The summed E-state index contributed by atoms with van der Waals surface area (Å²) in [6.45, 7) is 1.12. The Morgan fingerprint density at radius 1 is 0.947 bits per heavy atom. The van der Waals surface area contributed by atoms with Crippen molar-refractivity contribution < 1.29 is 14.7 Å². The smallest absolute Gasteiger partial charge is 0.306 e. The summed E-state index contributed by atoms with van der Waals surface area (Å²) in [6, 6.07) is -0.567. The molecule has 0 spiro atoms. The van der Waals surface area contributed by atoms with Crippen LogP contribution in [-0.2, 0) is 9.59 Å². The van der Waals surface area contributed by atoms with Crippen molar-refractivity contribution in [2.24, 2.45) is 23.1 Å². The van der Waals surface area contributed by atoms with E-state index in [2.05, 4.69) is 0 Å². The number of hydrogen-bond donors (Lipinski definition) is 4. The molecule has 7 N–H and O–H groups in total. The van der Waals surface area contributed by atoms with Gasteiger partial charge < -0.3 is 22.3 Å². The zero-order chi connectivity index (χ0) is 14.7. The van der Waals surface area contributed by atoms with Crippen LogP contribution in [-0.4, -0.2) is 36.0 Å². The molecule has 0 aliphatic carbocycles. The number of carbonyl (C=O) groups is 2. The molecule has 2 unspecified atom stereocenters. The van der Waals surface area contributed by atoms with E-state index in [0.717, 1.165) is 25.7 Å². The molecular weight excluding hydrogens is 246 g/mol. The maximum absolute atomic E-state index is 11.8. The summed E-state index contributed by atoms with van der Waals surface area (Å²) < 4.78 is 0. The van der Waals surface area contributed by atoms with Gasteiger partial charge in [-0.15, -0.1) is 0 Å². The molecule has 0 heterocycles. The predicted molar refractivity (Wildman–Crippen MR) is 74.5 cm³/mol. The van der Waals surface area contributed by atoms with Gasteiger partial charge in [-0.1, -0.05) is 12.8 Å². The van der Waals surface area contributed by atoms with Crippen molar-refractivity contribution in [2.75, 3.05) is 13.1 Å². The average molecular weight is 273 g/mol. The predicted octanol–water partition coefficient (Wildman–Crippen LogP) is 0.232. The molecule has 0 radical (unpaired) electrons. The second kappa shape index (κ2) is 10.9. The number of rotatable bonds is 12. The Kier molecular flexibility index (Phi) is 10.3. The van der Waals surface area contributed by atoms with Gasteiger partial charge in [-0.05, 0) is 38.8 Å². The summed E-state index contributed by atoms with van der Waals surface area (Å²) in [5, 5.41) is 9.08. The summed E-state index contributed by atoms with van der Waals surface area (Å²) >= 11 is 0. The van der Waals surface area contributed by atoms with Crippen LogP contribution in [0.3, 0.4) is 0 Å². The van der Waals surface area contributed by atoms with Gasteiger partial charge in [0.25, 0.3) is 0 Å². The van der Waals surface area contributed by atoms with Crippen LogP contribution >= 0.6 is 0 Å². The van der Waals surface area contributed by atoms with Gasteiger partial charge in [0.1, 0.15) is 5.78 Å². The third-order valence-electron chi connectivity index (χ3n) is 3.19. The van der Waals surface area contributed by atoms with E-state index in [9.17, 15) is 9.59 Å². The molecule has 0 aromatic rings. The second-order valence-corrected chi connectivity index (χ2v) is 4.88. The highest BCUT2D eigenvalue weighted by atomic mass is 16.4. The molecule has 112 valence electrons. The monoisotopic (exact) mass is 273 g/mol. The Hall–Kier alpha value is -0.980. The summed E-state index contributed by atoms with van der Waals surface area (Å²) in [5.41, 5.74) is 16.5. The SMILES string of the molecule is NCCCCC(N)C(=O)CC(CCCCN)C(=O)O. The fourth-order valence-electron chi connectivity index (χ4n) is 1.91. The minimum Gasteiger partial charge on any atom is -0.481 e. The lowest BCUT2D eigenvalue weighted by Crippen LogP contribution is -2.33. The standard InChI is InChI=1S/C13H27N3O3/c14-7-3-1-5-10(13(18)19)9-12(17)11(16)6-2-4-8-15/h10-11H,1-9,14-16H2,(H,18,19). The van der Waals surface area contributed by atoms with Crippen LogP contribution in [0.4, 0.5) is 0 Å². The minimum atomic E-state index is -0.931. The molecule has 6 heteroatoms. The van der Waals surface area contributed by atoms with Crippen molar-refractivity contribution in [2.45, 2.75) is 51.0 Å². The first-order valence-electron chi connectivity index (χ1n) is 6.94. The first kappa shape index (κ1) is 18.0. The highest BCUT2D eigenvalue weighted by Gasteiger charge is 2.23. The van der Waals surface area contributed by atoms with Crippen LogP contribution in [0.25, 0.3) is 0 Å². The Morgan fingerprint density at radius 3 is 1.95 bits per heavy atom. The van der Waals surface area contributed by atoms with Gasteiger partial charge in [-0.3, -0.25) is 9.59 Å². The molecule has 0 amide bonds. The molecule has 0 bridgehead atoms. The topological polar surface area (TPSA) is 132 Å². The van der Waals surface area contributed by atoms with E-state index >= 15 is 0 Å². The summed E-state index contributed by atoms with van der Waals surface area (Å²) in [7, 11) is 0. The van der Waals surface area contributed by atoms with Crippen LogP contribution in [0.1, 0.15) is 44.9 Å². The fraction of sp³-hybridized carbons (Fsp3) is 0.846. The summed E-state index contributed by atoms with van der Waals surface area (Å²) in [5.74, 6) is -1.74. The fourth-order valence-corrected chi connectivity index (χ4v) is 1.91. The summed E-state index contributed by atoms with van der Waals surface area (Å²) in [6.07, 6.45) is 4.21. The molecule has 0 aromatic carbocycles. The minimum absolute atomic E-state index is 0.0176. The van der Waals surface area contributed by atoms with Gasteiger partial charge >= 0.3 is 5.97 Å². The van der Waals surface area contributed by atoms with Crippen molar-refractivity contribution in [3.05, 3.63) is 0 Å². The Balaban J connectivity index is 4.11. The molecule has 0 rings (SSSR count). The van der Waals surface area contributed by atoms with Crippen molar-refractivity contribution in [3.8, 4) is 0 Å². The van der Waals surface area contributed by atoms with Gasteiger partial charge in [0, 0.05) is 6.42 Å². The van der Waals surface area contributed by atoms with Gasteiger partial charge in [0.2, 0.25) is 0 Å². The Labute approximate surface area is 114 Å². The number of nitrogens with two attached hydrogens (primary N) is 3. The first-order valence-corrected chi connectivity index (χ1v) is 6.94. The van der Waals surface area contributed by atoms with Crippen molar-refractivity contribution in [1.82, 2.24) is 0 Å². The number of hydrogen-bond acceptors (Lipinski definition) is 5. The second-order valence-electron chi connectivity index (χ2n) is 4.88. The van der Waals surface area contributed by atoms with Gasteiger partial charge in [-0.2, -0.15) is 0 Å². The van der Waals surface area contributed by atoms with Gasteiger partial charge in [-0.25, -0.2) is 0 Å². The van der Waals surface area contributed by atoms with Crippen LogP contribution < -0.4 is 17.2 Å². The van der Waals surface area contributed by atoms with E-state index in [4.69, 9.17) is 22.3 Å². The van der Waals surface area contributed by atoms with Gasteiger partial charge in [0.05, 0.1) is 12.0 Å². The van der Waals surface area contributed by atoms with E-state index in [1.54, 1.807) is 0 Å². The van der Waals surface area contributed by atoms with Crippen LogP contribution in [0.15, 0.2) is 0 Å². The number of carboxylic acid groups (broad SMARTS) is 1. The first-order chi connectivity index (χ1) is 9.02. The Morgan fingerprint density at radius 2 is 1.47 bits per heavy atom. The van der Waals surface area contributed by atoms with E-state index < -0.39 is 17.9 Å². The molecule has 6 nitrogen and oxygen atoms in total. The van der Waals surface area contributed by atoms with Crippen LogP contribution in [0.5, 0.6) is 0 Å². The van der Waals surface area contributed by atoms with Crippen LogP contribution in [0.2, 0.25) is 0 Å². The van der Waals surface area contributed by atoms with Gasteiger partial charge in [0.15, 0.2) is 0 Å². The van der Waals surface area contributed by atoms with Crippen molar-refractivity contribution in [3.63, 3.8) is 0 Å². The number of aliphatic carboxylic acids is 1. The van der Waals surface area contributed by atoms with Crippen LogP contribution in [0, 0.1) is 5.92 Å². The maximum Gasteiger partial charge on any atom is 0.306 e. The number of carbonyl (C=O) groups excluding carboxylic acids is 1. The number of carboxylic acids is 1. The van der Waals surface area contributed by atoms with E-state index in [1.807, 2.05) is 0 Å². The summed E-state index contributed by atoms with van der Waals surface area (Å²) in [4.78, 5) is 22.9. The van der Waals surface area contributed by atoms with E-state index in [0.29, 0.717) is 25.9 Å². The van der Waals surface area contributed by atoms with Crippen molar-refractivity contribution >= 4 is 11.8 Å². The third kappa shape index (κ3) is 8.69. The molecular formula is C13H27N3O3. The molecule has 0 saturated carbocycles. The quantitative estimate of drug-likeness (QED) is 0.376. The van der Waals surface area contributed by atoms with E-state index in [-0.39, 0.29) is 12.2 Å². The van der Waals surface area contributed by atoms with E-state index in [1.165, 1.54) is 0 Å². The maximum atomic E-state index is 11.8. The highest BCUT2D eigenvalue weighted by molar-refractivity contribution is 5.87. The molecule has 0 aliphatic rings. The molecule has 2 atom stereocenters. The third-order valence-corrected chi connectivity index (χ3v) is 3.19. The number of Topliss-reactive ketones (excluding diaryl/α,β-unsaturated/α-hetero) is 1. The number of ketones is 1. The lowest BCUT2D eigenvalue weighted by atomic mass is 9.92. The largest absolute Gasteiger partial charge is 0.481 e. The lowest BCUT2D eigenvalue weighted by Gasteiger charge is -2.15. The highest BCUT2D eigenvalue weighted by Crippen LogP contribution is 2.15. The molecule has 19 heavy (non-hydrogen) atoms. The average Bonchev–Trinajstić information content (AvgIpc) is 2.37. The molecule has 0 aliphatic heterocycles. The zero-order valence-electron chi connectivity index (χ0n) is 11.5. The normalized spacial score (nSPS) is 14.1. The number of unbranched alkanes of at least 4 members (excludes halogenated alkanes) is 2. The molecule has 0 aromatic heterocycles. The zero-order valence-corrected chi connectivity index (χ0v) is 11.5. The Bertz CT molecular complexity index is 272. The molecule has 0 saturated heterocycles. The van der Waals surface area contributed by atoms with Crippen molar-refractivity contribution in [1.29, 1.82) is 0 Å². The molecule has 0 fully saturated rings.